The van der Waals surface area contributed by atoms with E-state index in [4.69, 9.17) is 9.72 Å². The first-order valence-electron chi connectivity index (χ1n) is 9.26. The lowest BCUT2D eigenvalue weighted by molar-refractivity contribution is 0.0376. The summed E-state index contributed by atoms with van der Waals surface area (Å²) in [6, 6.07) is 0. The van der Waals surface area contributed by atoms with E-state index in [9.17, 15) is 0 Å². The van der Waals surface area contributed by atoms with Crippen molar-refractivity contribution in [2.45, 2.75) is 46.1 Å². The van der Waals surface area contributed by atoms with E-state index < -0.39 is 0 Å². The van der Waals surface area contributed by atoms with Crippen LogP contribution in [-0.2, 0) is 16.7 Å². The number of aliphatic imine (C=N–C) groups is 1. The number of nitrogens with one attached hydrogen (secondary N) is 2. The van der Waals surface area contributed by atoms with Gasteiger partial charge in [-0.15, -0.1) is 11.3 Å². The molecule has 142 valence electrons. The number of thiazole rings is 1. The molecule has 0 bridgehead atoms. The molecular weight excluding hydrogens is 334 g/mol. The summed E-state index contributed by atoms with van der Waals surface area (Å²) in [7, 11) is 0. The Morgan fingerprint density at radius 2 is 2.08 bits per heavy atom. The molecule has 6 nitrogen and oxygen atoms in total. The van der Waals surface area contributed by atoms with Crippen LogP contribution in [0, 0.1) is 0 Å². The third-order valence-corrected chi connectivity index (χ3v) is 4.92. The Bertz CT molecular complexity index is 532. The highest BCUT2D eigenvalue weighted by Crippen LogP contribution is 2.24. The highest BCUT2D eigenvalue weighted by molar-refractivity contribution is 7.09. The molecule has 2 N–H and O–H groups in total. The second-order valence-corrected chi connectivity index (χ2v) is 8.25. The topological polar surface area (TPSA) is 61.8 Å². The number of nitrogens with zero attached hydrogens (tertiary/aromatic N) is 3. The lowest BCUT2D eigenvalue weighted by Gasteiger charge is -2.26. The summed E-state index contributed by atoms with van der Waals surface area (Å²) >= 11 is 1.69. The van der Waals surface area contributed by atoms with Crippen molar-refractivity contribution >= 4 is 17.3 Å². The molecule has 0 aliphatic carbocycles. The first-order chi connectivity index (χ1) is 12.0. The van der Waals surface area contributed by atoms with Crippen molar-refractivity contribution in [2.75, 3.05) is 45.9 Å². The lowest BCUT2D eigenvalue weighted by atomic mass is 9.93. The van der Waals surface area contributed by atoms with Gasteiger partial charge >= 0.3 is 0 Å². The quantitative estimate of drug-likeness (QED) is 0.440. The molecule has 1 aromatic heterocycles. The number of hydrogen-bond acceptors (Lipinski definition) is 5. The Kier molecular flexibility index (Phi) is 8.12. The van der Waals surface area contributed by atoms with Gasteiger partial charge in [0.05, 0.1) is 25.5 Å². The van der Waals surface area contributed by atoms with Crippen molar-refractivity contribution in [3.8, 4) is 0 Å². The standard InChI is InChI=1S/C18H33N5OS/c1-5-19-17(20-7-6-8-23-9-11-24-12-10-23)21-13-16-22-15(14-25-16)18(2,3)4/h14H,5-13H2,1-4H3,(H2,19,20,21). The molecule has 7 heteroatoms. The van der Waals surface area contributed by atoms with Gasteiger partial charge in [0.15, 0.2) is 5.96 Å². The number of aromatic nitrogens is 1. The van der Waals surface area contributed by atoms with Gasteiger partial charge in [0.2, 0.25) is 0 Å². The Labute approximate surface area is 156 Å². The van der Waals surface area contributed by atoms with E-state index in [0.29, 0.717) is 6.54 Å². The average Bonchev–Trinajstić information content (AvgIpc) is 3.07. The highest BCUT2D eigenvalue weighted by atomic mass is 32.1. The fraction of sp³-hybridized carbons (Fsp3) is 0.778. The van der Waals surface area contributed by atoms with E-state index in [1.807, 2.05) is 0 Å². The van der Waals surface area contributed by atoms with Crippen LogP contribution >= 0.6 is 11.3 Å². The Balaban J connectivity index is 1.76. The molecule has 0 atom stereocenters. The van der Waals surface area contributed by atoms with Crippen LogP contribution in [0.2, 0.25) is 0 Å². The van der Waals surface area contributed by atoms with Gasteiger partial charge in [-0.2, -0.15) is 0 Å². The minimum atomic E-state index is 0.0979. The molecule has 1 aliphatic heterocycles. The van der Waals surface area contributed by atoms with Crippen molar-refractivity contribution in [3.05, 3.63) is 16.1 Å². The Hall–Kier alpha value is -1.18. The molecule has 1 aliphatic rings. The van der Waals surface area contributed by atoms with Crippen LogP contribution in [0.1, 0.15) is 44.8 Å². The molecule has 0 aromatic carbocycles. The average molecular weight is 368 g/mol. The van der Waals surface area contributed by atoms with E-state index in [1.165, 1.54) is 0 Å². The van der Waals surface area contributed by atoms with Gasteiger partial charge in [-0.25, -0.2) is 9.98 Å². The first-order valence-corrected chi connectivity index (χ1v) is 10.1. The fourth-order valence-corrected chi connectivity index (χ4v) is 3.49. The number of hydrogen-bond donors (Lipinski definition) is 2. The van der Waals surface area contributed by atoms with Crippen molar-refractivity contribution in [1.29, 1.82) is 0 Å². The van der Waals surface area contributed by atoms with Gasteiger partial charge in [0, 0.05) is 37.0 Å². The van der Waals surface area contributed by atoms with Crippen LogP contribution in [0.15, 0.2) is 10.4 Å². The smallest absolute Gasteiger partial charge is 0.191 e. The van der Waals surface area contributed by atoms with E-state index in [1.54, 1.807) is 11.3 Å². The SMILES string of the molecule is CCNC(=NCc1nc(C(C)(C)C)cs1)NCCCN1CCOCC1. The Morgan fingerprint density at radius 1 is 1.32 bits per heavy atom. The third kappa shape index (κ3) is 7.30. The zero-order valence-corrected chi connectivity index (χ0v) is 16.9. The largest absolute Gasteiger partial charge is 0.379 e. The second-order valence-electron chi connectivity index (χ2n) is 7.31. The first kappa shape index (κ1) is 20.1. The molecular formula is C18H33N5OS. The molecule has 2 rings (SSSR count). The second kappa shape index (κ2) is 10.1. The molecule has 1 aromatic rings. The maximum absolute atomic E-state index is 5.38. The molecule has 1 saturated heterocycles. The monoisotopic (exact) mass is 367 g/mol. The van der Waals surface area contributed by atoms with Crippen LogP contribution < -0.4 is 10.6 Å². The zero-order valence-electron chi connectivity index (χ0n) is 16.1. The van der Waals surface area contributed by atoms with Gasteiger partial charge in [-0.3, -0.25) is 4.90 Å². The van der Waals surface area contributed by atoms with Gasteiger partial charge in [0.1, 0.15) is 5.01 Å². The summed E-state index contributed by atoms with van der Waals surface area (Å²) < 4.78 is 5.38. The van der Waals surface area contributed by atoms with Crippen LogP contribution in [0.3, 0.4) is 0 Å². The number of ether oxygens (including phenoxy) is 1. The molecule has 0 amide bonds. The number of rotatable bonds is 7. The van der Waals surface area contributed by atoms with Crippen molar-refractivity contribution < 1.29 is 4.74 Å². The van der Waals surface area contributed by atoms with E-state index in [0.717, 1.165) is 69.0 Å². The predicted molar refractivity (Wildman–Crippen MR) is 106 cm³/mol. The number of guanidine groups is 1. The van der Waals surface area contributed by atoms with Crippen LogP contribution in [0.25, 0.3) is 0 Å². The maximum Gasteiger partial charge on any atom is 0.191 e. The normalized spacial score (nSPS) is 16.9. The van der Waals surface area contributed by atoms with Gasteiger partial charge in [-0.05, 0) is 19.9 Å². The van der Waals surface area contributed by atoms with E-state index in [-0.39, 0.29) is 5.41 Å². The lowest BCUT2D eigenvalue weighted by Crippen LogP contribution is -2.40. The van der Waals surface area contributed by atoms with Crippen LogP contribution in [-0.4, -0.2) is 61.8 Å². The molecule has 0 unspecified atom stereocenters. The summed E-state index contributed by atoms with van der Waals surface area (Å²) in [4.78, 5) is 11.8. The van der Waals surface area contributed by atoms with E-state index >= 15 is 0 Å². The minimum Gasteiger partial charge on any atom is -0.379 e. The summed E-state index contributed by atoms with van der Waals surface area (Å²) in [5.74, 6) is 0.872. The minimum absolute atomic E-state index is 0.0979. The zero-order chi connectivity index (χ0) is 18.1. The Morgan fingerprint density at radius 3 is 2.72 bits per heavy atom. The van der Waals surface area contributed by atoms with Crippen molar-refractivity contribution in [3.63, 3.8) is 0 Å². The third-order valence-electron chi connectivity index (χ3n) is 4.08. The molecule has 0 radical (unpaired) electrons. The van der Waals surface area contributed by atoms with Crippen molar-refractivity contribution in [2.24, 2.45) is 4.99 Å². The summed E-state index contributed by atoms with van der Waals surface area (Å²) in [6.07, 6.45) is 1.11. The summed E-state index contributed by atoms with van der Waals surface area (Å²) in [5.41, 5.74) is 1.24. The van der Waals surface area contributed by atoms with Crippen LogP contribution in [0.5, 0.6) is 0 Å². The van der Waals surface area contributed by atoms with Gasteiger partial charge in [-0.1, -0.05) is 20.8 Å². The van der Waals surface area contributed by atoms with Gasteiger partial charge in [0.25, 0.3) is 0 Å². The highest BCUT2D eigenvalue weighted by Gasteiger charge is 2.17. The van der Waals surface area contributed by atoms with Crippen molar-refractivity contribution in [1.82, 2.24) is 20.5 Å². The summed E-state index contributed by atoms with van der Waals surface area (Å²) in [6.45, 7) is 16.0. The van der Waals surface area contributed by atoms with E-state index in [2.05, 4.69) is 53.6 Å². The molecule has 0 spiro atoms. The molecule has 2 heterocycles. The molecule has 25 heavy (non-hydrogen) atoms. The maximum atomic E-state index is 5.38. The predicted octanol–water partition coefficient (Wildman–Crippen LogP) is 2.22. The fourth-order valence-electron chi connectivity index (χ4n) is 2.55. The molecule has 1 fully saturated rings. The molecule has 0 saturated carbocycles. The van der Waals surface area contributed by atoms with Gasteiger partial charge < -0.3 is 15.4 Å². The summed E-state index contributed by atoms with van der Waals surface area (Å²) in [5, 5.41) is 9.95. The van der Waals surface area contributed by atoms with Crippen LogP contribution in [0.4, 0.5) is 0 Å². The number of morpholine rings is 1.